The SMILES string of the molecule is CC1(C)CC(=O)c2ccn(Cc3cccc(Cl)c3)c2C1. The number of hydrogen-bond donors (Lipinski definition) is 0. The van der Waals surface area contributed by atoms with E-state index in [1.165, 1.54) is 0 Å². The van der Waals surface area contributed by atoms with Crippen molar-refractivity contribution in [2.24, 2.45) is 5.41 Å². The van der Waals surface area contributed by atoms with Crippen LogP contribution >= 0.6 is 11.6 Å². The van der Waals surface area contributed by atoms with E-state index in [1.807, 2.05) is 30.5 Å². The second kappa shape index (κ2) is 4.78. The van der Waals surface area contributed by atoms with Crippen LogP contribution in [-0.4, -0.2) is 10.4 Å². The Bertz CT molecular complexity index is 669. The molecule has 0 atom stereocenters. The number of carbonyl (C=O) groups excluding carboxylic acids is 1. The topological polar surface area (TPSA) is 22.0 Å². The van der Waals surface area contributed by atoms with Crippen molar-refractivity contribution >= 4 is 17.4 Å². The highest BCUT2D eigenvalue weighted by Gasteiger charge is 2.32. The van der Waals surface area contributed by atoms with Crippen LogP contribution < -0.4 is 0 Å². The fourth-order valence-electron chi connectivity index (χ4n) is 2.98. The third-order valence-electron chi connectivity index (χ3n) is 3.91. The lowest BCUT2D eigenvalue weighted by Gasteiger charge is -2.29. The van der Waals surface area contributed by atoms with Crippen LogP contribution in [0.5, 0.6) is 0 Å². The summed E-state index contributed by atoms with van der Waals surface area (Å²) in [4.78, 5) is 12.2. The summed E-state index contributed by atoms with van der Waals surface area (Å²) >= 11 is 6.03. The van der Waals surface area contributed by atoms with Gasteiger partial charge in [0.15, 0.2) is 5.78 Å². The summed E-state index contributed by atoms with van der Waals surface area (Å²) in [6.45, 7) is 5.08. The lowest BCUT2D eigenvalue weighted by atomic mass is 9.76. The van der Waals surface area contributed by atoms with Crippen LogP contribution in [0.3, 0.4) is 0 Å². The molecule has 0 spiro atoms. The standard InChI is InChI=1S/C17H18ClNO/c1-17(2)9-15-14(16(20)10-17)6-7-19(15)11-12-4-3-5-13(18)8-12/h3-8H,9-11H2,1-2H3. The Balaban J connectivity index is 1.95. The van der Waals surface area contributed by atoms with Gasteiger partial charge in [-0.15, -0.1) is 0 Å². The van der Waals surface area contributed by atoms with Crippen molar-refractivity contribution in [2.45, 2.75) is 33.2 Å². The molecule has 3 rings (SSSR count). The molecule has 2 aromatic rings. The highest BCUT2D eigenvalue weighted by Crippen LogP contribution is 2.35. The highest BCUT2D eigenvalue weighted by molar-refractivity contribution is 6.30. The van der Waals surface area contributed by atoms with Gasteiger partial charge in [0.2, 0.25) is 0 Å². The fraction of sp³-hybridized carbons (Fsp3) is 0.353. The monoisotopic (exact) mass is 287 g/mol. The summed E-state index contributed by atoms with van der Waals surface area (Å²) in [6, 6.07) is 9.83. The quantitative estimate of drug-likeness (QED) is 0.805. The summed E-state index contributed by atoms with van der Waals surface area (Å²) < 4.78 is 2.18. The summed E-state index contributed by atoms with van der Waals surface area (Å²) in [7, 11) is 0. The van der Waals surface area contributed by atoms with Crippen LogP contribution in [-0.2, 0) is 13.0 Å². The van der Waals surface area contributed by atoms with Crippen molar-refractivity contribution in [1.82, 2.24) is 4.57 Å². The van der Waals surface area contributed by atoms with Crippen molar-refractivity contribution in [2.75, 3.05) is 0 Å². The van der Waals surface area contributed by atoms with Gasteiger partial charge in [-0.2, -0.15) is 0 Å². The van der Waals surface area contributed by atoms with Gasteiger partial charge in [0, 0.05) is 35.4 Å². The first kappa shape index (κ1) is 13.4. The Hall–Kier alpha value is -1.54. The Morgan fingerprint density at radius 2 is 2.05 bits per heavy atom. The number of hydrogen-bond acceptors (Lipinski definition) is 1. The first-order valence-corrected chi connectivity index (χ1v) is 7.28. The number of aromatic nitrogens is 1. The normalized spacial score (nSPS) is 17.1. The minimum absolute atomic E-state index is 0.0501. The van der Waals surface area contributed by atoms with E-state index >= 15 is 0 Å². The molecule has 0 fully saturated rings. The zero-order valence-electron chi connectivity index (χ0n) is 11.8. The molecule has 0 radical (unpaired) electrons. The fourth-order valence-corrected chi connectivity index (χ4v) is 3.19. The lowest BCUT2D eigenvalue weighted by molar-refractivity contribution is 0.0910. The maximum absolute atomic E-state index is 12.2. The summed E-state index contributed by atoms with van der Waals surface area (Å²) in [5, 5.41) is 0.750. The zero-order valence-corrected chi connectivity index (χ0v) is 12.6. The third kappa shape index (κ3) is 2.53. The van der Waals surface area contributed by atoms with Crippen molar-refractivity contribution in [3.63, 3.8) is 0 Å². The van der Waals surface area contributed by atoms with Gasteiger partial charge in [-0.05, 0) is 35.6 Å². The van der Waals surface area contributed by atoms with Gasteiger partial charge in [-0.25, -0.2) is 0 Å². The van der Waals surface area contributed by atoms with E-state index in [9.17, 15) is 4.79 Å². The molecule has 0 amide bonds. The van der Waals surface area contributed by atoms with Crippen LogP contribution in [0, 0.1) is 5.41 Å². The van der Waals surface area contributed by atoms with E-state index in [0.29, 0.717) is 6.42 Å². The molecule has 1 aliphatic rings. The largest absolute Gasteiger partial charge is 0.346 e. The van der Waals surface area contributed by atoms with E-state index in [4.69, 9.17) is 11.6 Å². The second-order valence-corrected chi connectivity index (χ2v) is 6.81. The smallest absolute Gasteiger partial charge is 0.165 e. The average molecular weight is 288 g/mol. The Morgan fingerprint density at radius 1 is 1.25 bits per heavy atom. The number of benzene rings is 1. The molecule has 2 nitrogen and oxygen atoms in total. The van der Waals surface area contributed by atoms with Gasteiger partial charge in [0.05, 0.1) is 0 Å². The molecule has 0 unspecified atom stereocenters. The zero-order chi connectivity index (χ0) is 14.3. The second-order valence-electron chi connectivity index (χ2n) is 6.37. The highest BCUT2D eigenvalue weighted by atomic mass is 35.5. The first-order chi connectivity index (χ1) is 9.44. The molecular formula is C17H18ClNO. The molecule has 1 aromatic heterocycles. The van der Waals surface area contributed by atoms with Crippen molar-refractivity contribution in [1.29, 1.82) is 0 Å². The van der Waals surface area contributed by atoms with Gasteiger partial charge in [0.1, 0.15) is 0 Å². The molecule has 0 N–H and O–H groups in total. The Morgan fingerprint density at radius 3 is 2.80 bits per heavy atom. The molecule has 3 heteroatoms. The van der Waals surface area contributed by atoms with Crippen LogP contribution in [0.15, 0.2) is 36.5 Å². The maximum atomic E-state index is 12.2. The predicted octanol–water partition coefficient (Wildman–Crippen LogP) is 4.34. The van der Waals surface area contributed by atoms with Crippen LogP contribution in [0.25, 0.3) is 0 Å². The first-order valence-electron chi connectivity index (χ1n) is 6.90. The number of rotatable bonds is 2. The van der Waals surface area contributed by atoms with Crippen molar-refractivity contribution in [3.05, 3.63) is 58.4 Å². The molecule has 0 bridgehead atoms. The molecule has 1 aromatic carbocycles. The van der Waals surface area contributed by atoms with Gasteiger partial charge in [0.25, 0.3) is 0 Å². The molecule has 104 valence electrons. The number of Topliss-reactive ketones (excluding diaryl/α,β-unsaturated/α-hetero) is 1. The van der Waals surface area contributed by atoms with Crippen molar-refractivity contribution in [3.8, 4) is 0 Å². The number of fused-ring (bicyclic) bond motifs is 1. The predicted molar refractivity (Wildman–Crippen MR) is 81.4 cm³/mol. The average Bonchev–Trinajstić information content (AvgIpc) is 2.71. The van der Waals surface area contributed by atoms with E-state index < -0.39 is 0 Å². The third-order valence-corrected chi connectivity index (χ3v) is 4.14. The molecule has 0 aliphatic heterocycles. The van der Waals surface area contributed by atoms with E-state index in [0.717, 1.165) is 34.8 Å². The van der Waals surface area contributed by atoms with Crippen molar-refractivity contribution < 1.29 is 4.79 Å². The minimum atomic E-state index is 0.0501. The number of carbonyl (C=O) groups is 1. The molecule has 0 saturated carbocycles. The molecular weight excluding hydrogens is 270 g/mol. The Kier molecular flexibility index (Phi) is 3.21. The molecule has 1 heterocycles. The molecule has 0 saturated heterocycles. The Labute approximate surface area is 124 Å². The minimum Gasteiger partial charge on any atom is -0.346 e. The summed E-state index contributed by atoms with van der Waals surface area (Å²) in [5.74, 6) is 0.265. The summed E-state index contributed by atoms with van der Waals surface area (Å²) in [6.07, 6.45) is 3.60. The van der Waals surface area contributed by atoms with Crippen LogP contribution in [0.4, 0.5) is 0 Å². The van der Waals surface area contributed by atoms with Crippen LogP contribution in [0.1, 0.15) is 41.9 Å². The van der Waals surface area contributed by atoms with E-state index in [1.54, 1.807) is 0 Å². The maximum Gasteiger partial charge on any atom is 0.165 e. The van der Waals surface area contributed by atoms with Gasteiger partial charge in [-0.1, -0.05) is 37.6 Å². The summed E-state index contributed by atoms with van der Waals surface area (Å²) in [5.41, 5.74) is 3.26. The molecule has 1 aliphatic carbocycles. The van der Waals surface area contributed by atoms with E-state index in [-0.39, 0.29) is 11.2 Å². The van der Waals surface area contributed by atoms with Gasteiger partial charge >= 0.3 is 0 Å². The van der Waals surface area contributed by atoms with Crippen LogP contribution in [0.2, 0.25) is 5.02 Å². The van der Waals surface area contributed by atoms with Gasteiger partial charge < -0.3 is 4.57 Å². The van der Waals surface area contributed by atoms with Gasteiger partial charge in [-0.3, -0.25) is 4.79 Å². The van der Waals surface area contributed by atoms with E-state index in [2.05, 4.69) is 24.5 Å². The lowest BCUT2D eigenvalue weighted by Crippen LogP contribution is -2.28. The number of halogens is 1. The number of nitrogens with zero attached hydrogens (tertiary/aromatic N) is 1. The number of ketones is 1. The molecule has 20 heavy (non-hydrogen) atoms.